The van der Waals surface area contributed by atoms with E-state index in [1.807, 2.05) is 4.90 Å². The lowest BCUT2D eigenvalue weighted by Gasteiger charge is -2.22. The summed E-state index contributed by atoms with van der Waals surface area (Å²) in [6.07, 6.45) is 6.58. The molecule has 1 aliphatic heterocycles. The first kappa shape index (κ1) is 15.4. The van der Waals surface area contributed by atoms with Crippen LogP contribution in [0.5, 0.6) is 0 Å². The van der Waals surface area contributed by atoms with Gasteiger partial charge in [-0.3, -0.25) is 10.1 Å². The van der Waals surface area contributed by atoms with Gasteiger partial charge in [-0.2, -0.15) is 0 Å². The summed E-state index contributed by atoms with van der Waals surface area (Å²) in [4.78, 5) is 25.5. The summed E-state index contributed by atoms with van der Waals surface area (Å²) in [6.45, 7) is 1.66. The van der Waals surface area contributed by atoms with Crippen molar-refractivity contribution < 1.29 is 14.5 Å². The molecule has 1 heterocycles. The van der Waals surface area contributed by atoms with Gasteiger partial charge in [-0.05, 0) is 62.5 Å². The Hall–Kier alpha value is -2.11. The molecular formula is C18H22N2O4. The van der Waals surface area contributed by atoms with E-state index in [0.29, 0.717) is 17.5 Å². The van der Waals surface area contributed by atoms with Gasteiger partial charge in [0.05, 0.1) is 10.5 Å². The van der Waals surface area contributed by atoms with E-state index in [4.69, 9.17) is 4.74 Å². The summed E-state index contributed by atoms with van der Waals surface area (Å²) < 4.78 is 5.66. The molecule has 3 fully saturated rings. The van der Waals surface area contributed by atoms with Gasteiger partial charge in [-0.1, -0.05) is 0 Å². The van der Waals surface area contributed by atoms with Crippen molar-refractivity contribution in [2.45, 2.75) is 44.6 Å². The van der Waals surface area contributed by atoms with Gasteiger partial charge in [0.15, 0.2) is 0 Å². The minimum Gasteiger partial charge on any atom is -0.458 e. The monoisotopic (exact) mass is 330 g/mol. The molecule has 2 aliphatic carbocycles. The SMILES string of the molecule is O=C(OC1CC2CCC1C2)c1ccc(N2CCCC2)c([N+](=O)[O-])c1. The van der Waals surface area contributed by atoms with Gasteiger partial charge in [-0.15, -0.1) is 0 Å². The third-order valence-corrected chi connectivity index (χ3v) is 5.79. The van der Waals surface area contributed by atoms with Gasteiger partial charge >= 0.3 is 5.97 Å². The third kappa shape index (κ3) is 2.74. The number of anilines is 1. The maximum atomic E-state index is 12.4. The molecule has 3 atom stereocenters. The first-order chi connectivity index (χ1) is 11.6. The highest BCUT2D eigenvalue weighted by atomic mass is 16.6. The van der Waals surface area contributed by atoms with Crippen molar-refractivity contribution in [2.75, 3.05) is 18.0 Å². The molecule has 0 amide bonds. The highest BCUT2D eigenvalue weighted by Crippen LogP contribution is 2.46. The zero-order chi connectivity index (χ0) is 16.7. The predicted molar refractivity (Wildman–Crippen MR) is 89.2 cm³/mol. The minimum absolute atomic E-state index is 0.000655. The molecule has 128 valence electrons. The number of carbonyl (C=O) groups excluding carboxylic acids is 1. The third-order valence-electron chi connectivity index (χ3n) is 5.79. The number of fused-ring (bicyclic) bond motifs is 2. The Labute approximate surface area is 140 Å². The predicted octanol–water partition coefficient (Wildman–Crippen LogP) is 3.54. The summed E-state index contributed by atoms with van der Waals surface area (Å²) in [6, 6.07) is 4.74. The molecule has 2 saturated carbocycles. The molecular weight excluding hydrogens is 308 g/mol. The second-order valence-corrected chi connectivity index (χ2v) is 7.27. The number of carbonyl (C=O) groups is 1. The fraction of sp³-hybridized carbons (Fsp3) is 0.611. The molecule has 0 radical (unpaired) electrons. The second-order valence-electron chi connectivity index (χ2n) is 7.27. The highest BCUT2D eigenvalue weighted by Gasteiger charge is 2.41. The summed E-state index contributed by atoms with van der Waals surface area (Å²) in [7, 11) is 0. The Morgan fingerprint density at radius 2 is 2.00 bits per heavy atom. The first-order valence-electron chi connectivity index (χ1n) is 8.86. The Bertz CT molecular complexity index is 669. The molecule has 1 aromatic rings. The molecule has 3 aliphatic rings. The van der Waals surface area contributed by atoms with Gasteiger partial charge in [0.25, 0.3) is 5.69 Å². The average Bonchev–Trinajstić information content (AvgIpc) is 3.32. The van der Waals surface area contributed by atoms with Crippen LogP contribution < -0.4 is 4.90 Å². The molecule has 24 heavy (non-hydrogen) atoms. The van der Waals surface area contributed by atoms with Crippen LogP contribution in [0.3, 0.4) is 0 Å². The first-order valence-corrected chi connectivity index (χ1v) is 8.86. The van der Waals surface area contributed by atoms with Gasteiger partial charge in [0.1, 0.15) is 11.8 Å². The molecule has 4 rings (SSSR count). The number of nitro groups is 1. The summed E-state index contributed by atoms with van der Waals surface area (Å²) in [5, 5.41) is 11.4. The van der Waals surface area contributed by atoms with E-state index in [0.717, 1.165) is 45.2 Å². The van der Waals surface area contributed by atoms with Crippen LogP contribution in [0, 0.1) is 22.0 Å². The van der Waals surface area contributed by atoms with E-state index in [1.165, 1.54) is 12.5 Å². The summed E-state index contributed by atoms with van der Waals surface area (Å²) in [5.41, 5.74) is 0.890. The van der Waals surface area contributed by atoms with Crippen molar-refractivity contribution in [3.8, 4) is 0 Å². The number of nitro benzene ring substituents is 1. The maximum Gasteiger partial charge on any atom is 0.338 e. The van der Waals surface area contributed by atoms with Crippen molar-refractivity contribution in [1.82, 2.24) is 0 Å². The normalized spacial score (nSPS) is 28.3. The molecule has 0 spiro atoms. The lowest BCUT2D eigenvalue weighted by atomic mass is 9.98. The number of hydrogen-bond acceptors (Lipinski definition) is 5. The van der Waals surface area contributed by atoms with Crippen LogP contribution in [0.25, 0.3) is 0 Å². The van der Waals surface area contributed by atoms with Gasteiger partial charge in [0.2, 0.25) is 0 Å². The zero-order valence-electron chi connectivity index (χ0n) is 13.6. The standard InChI is InChI=1S/C18H22N2O4/c21-18(24-17-10-12-3-4-13(17)9-12)14-5-6-15(16(11-14)20(22)23)19-7-1-2-8-19/h5-6,11-13,17H,1-4,7-10H2. The molecule has 0 aromatic heterocycles. The number of ether oxygens (including phenoxy) is 1. The number of esters is 1. The second kappa shape index (κ2) is 6.07. The topological polar surface area (TPSA) is 72.7 Å². The van der Waals surface area contributed by atoms with E-state index in [-0.39, 0.29) is 17.4 Å². The number of rotatable bonds is 4. The lowest BCUT2D eigenvalue weighted by Crippen LogP contribution is -2.24. The minimum atomic E-state index is -0.427. The smallest absolute Gasteiger partial charge is 0.338 e. The number of hydrogen-bond donors (Lipinski definition) is 0. The molecule has 1 saturated heterocycles. The molecule has 6 nitrogen and oxygen atoms in total. The molecule has 6 heteroatoms. The zero-order valence-corrected chi connectivity index (χ0v) is 13.6. The Morgan fingerprint density at radius 3 is 2.62 bits per heavy atom. The number of benzene rings is 1. The van der Waals surface area contributed by atoms with E-state index >= 15 is 0 Å². The van der Waals surface area contributed by atoms with E-state index in [9.17, 15) is 14.9 Å². The van der Waals surface area contributed by atoms with Crippen LogP contribution in [0.2, 0.25) is 0 Å². The lowest BCUT2D eigenvalue weighted by molar-refractivity contribution is -0.384. The summed E-state index contributed by atoms with van der Waals surface area (Å²) in [5.74, 6) is 0.751. The van der Waals surface area contributed by atoms with Crippen LogP contribution in [0.15, 0.2) is 18.2 Å². The Balaban J connectivity index is 1.53. The van der Waals surface area contributed by atoms with Crippen molar-refractivity contribution in [3.63, 3.8) is 0 Å². The van der Waals surface area contributed by atoms with E-state index in [1.54, 1.807) is 12.1 Å². The highest BCUT2D eigenvalue weighted by molar-refractivity contribution is 5.91. The molecule has 0 N–H and O–H groups in total. The van der Waals surface area contributed by atoms with E-state index < -0.39 is 10.9 Å². The van der Waals surface area contributed by atoms with Gasteiger partial charge in [-0.25, -0.2) is 4.79 Å². The van der Waals surface area contributed by atoms with Crippen LogP contribution in [0.1, 0.15) is 48.9 Å². The quantitative estimate of drug-likeness (QED) is 0.479. The molecule has 2 bridgehead atoms. The molecule has 1 aromatic carbocycles. The fourth-order valence-corrected chi connectivity index (χ4v) is 4.56. The fourth-order valence-electron chi connectivity index (χ4n) is 4.56. The van der Waals surface area contributed by atoms with Crippen molar-refractivity contribution in [3.05, 3.63) is 33.9 Å². The van der Waals surface area contributed by atoms with Crippen LogP contribution in [0.4, 0.5) is 11.4 Å². The van der Waals surface area contributed by atoms with Gasteiger partial charge < -0.3 is 9.64 Å². The largest absolute Gasteiger partial charge is 0.458 e. The maximum absolute atomic E-state index is 12.4. The van der Waals surface area contributed by atoms with Gasteiger partial charge in [0, 0.05) is 19.2 Å². The van der Waals surface area contributed by atoms with Crippen molar-refractivity contribution in [1.29, 1.82) is 0 Å². The van der Waals surface area contributed by atoms with Crippen LogP contribution >= 0.6 is 0 Å². The Morgan fingerprint density at radius 1 is 1.21 bits per heavy atom. The average molecular weight is 330 g/mol. The van der Waals surface area contributed by atoms with Crippen molar-refractivity contribution in [2.24, 2.45) is 11.8 Å². The number of nitrogens with zero attached hydrogens (tertiary/aromatic N) is 2. The van der Waals surface area contributed by atoms with Crippen LogP contribution in [-0.2, 0) is 4.74 Å². The summed E-state index contributed by atoms with van der Waals surface area (Å²) >= 11 is 0. The van der Waals surface area contributed by atoms with Crippen molar-refractivity contribution >= 4 is 17.3 Å². The van der Waals surface area contributed by atoms with Crippen LogP contribution in [-0.4, -0.2) is 30.1 Å². The molecule has 3 unspecified atom stereocenters. The Kier molecular flexibility index (Phi) is 3.90. The van der Waals surface area contributed by atoms with E-state index in [2.05, 4.69) is 0 Å².